The number of carboxylic acid groups (broad SMARTS) is 1. The summed E-state index contributed by atoms with van der Waals surface area (Å²) < 4.78 is 5.51. The molecule has 4 heteroatoms. The van der Waals surface area contributed by atoms with E-state index in [1.807, 2.05) is 30.9 Å². The molecular weight excluding hydrogens is 242 g/mol. The Bertz CT molecular complexity index is 459. The van der Waals surface area contributed by atoms with Gasteiger partial charge >= 0.3 is 5.97 Å². The minimum Gasteiger partial charge on any atom is -0.494 e. The maximum atomic E-state index is 11.2. The van der Waals surface area contributed by atoms with Crippen LogP contribution in [0.4, 0.5) is 0 Å². The number of rotatable bonds is 5. The molecule has 1 atom stereocenters. The summed E-state index contributed by atoms with van der Waals surface area (Å²) >= 11 is 0. The Morgan fingerprint density at radius 3 is 2.84 bits per heavy atom. The van der Waals surface area contributed by atoms with Crippen molar-refractivity contribution >= 4 is 5.97 Å². The van der Waals surface area contributed by atoms with Crippen molar-refractivity contribution < 1.29 is 14.6 Å². The van der Waals surface area contributed by atoms with E-state index in [0.29, 0.717) is 19.6 Å². The molecule has 1 aromatic carbocycles. The Hall–Kier alpha value is -1.55. The van der Waals surface area contributed by atoms with Crippen LogP contribution >= 0.6 is 0 Å². The van der Waals surface area contributed by atoms with Gasteiger partial charge in [0, 0.05) is 13.1 Å². The van der Waals surface area contributed by atoms with Crippen LogP contribution in [0.5, 0.6) is 5.75 Å². The molecular formula is C15H21NO3. The van der Waals surface area contributed by atoms with E-state index in [0.717, 1.165) is 18.7 Å². The molecule has 19 heavy (non-hydrogen) atoms. The van der Waals surface area contributed by atoms with Gasteiger partial charge in [-0.15, -0.1) is 0 Å². The van der Waals surface area contributed by atoms with Gasteiger partial charge in [-0.3, -0.25) is 9.69 Å². The summed E-state index contributed by atoms with van der Waals surface area (Å²) in [4.78, 5) is 13.3. The third kappa shape index (κ3) is 3.07. The normalized spacial score (nSPS) is 16.7. The number of carbonyl (C=O) groups is 1. The standard InChI is InChI=1S/C15H21NO3/c1-3-14(15(17)18)16-8-7-11-5-6-13(19-4-2)9-12(11)10-16/h5-6,9,14H,3-4,7-8,10H2,1-2H3,(H,17,18)/t14-/m1/s1. The maximum absolute atomic E-state index is 11.2. The number of nitrogens with zero attached hydrogens (tertiary/aromatic N) is 1. The number of hydrogen-bond acceptors (Lipinski definition) is 3. The van der Waals surface area contributed by atoms with E-state index >= 15 is 0 Å². The number of benzene rings is 1. The Balaban J connectivity index is 2.17. The second-order valence-electron chi connectivity index (χ2n) is 4.85. The first-order chi connectivity index (χ1) is 9.15. The van der Waals surface area contributed by atoms with Crippen molar-refractivity contribution in [1.29, 1.82) is 0 Å². The topological polar surface area (TPSA) is 49.8 Å². The van der Waals surface area contributed by atoms with Crippen LogP contribution in [0.3, 0.4) is 0 Å². The van der Waals surface area contributed by atoms with Gasteiger partial charge < -0.3 is 9.84 Å². The van der Waals surface area contributed by atoms with E-state index in [1.165, 1.54) is 11.1 Å². The molecule has 4 nitrogen and oxygen atoms in total. The van der Waals surface area contributed by atoms with Crippen molar-refractivity contribution in [1.82, 2.24) is 4.90 Å². The average molecular weight is 263 g/mol. The Morgan fingerprint density at radius 2 is 2.21 bits per heavy atom. The van der Waals surface area contributed by atoms with Crippen molar-refractivity contribution in [2.24, 2.45) is 0 Å². The van der Waals surface area contributed by atoms with Crippen molar-refractivity contribution in [2.75, 3.05) is 13.2 Å². The molecule has 1 aliphatic rings. The van der Waals surface area contributed by atoms with Crippen molar-refractivity contribution in [3.05, 3.63) is 29.3 Å². The van der Waals surface area contributed by atoms with Crippen LogP contribution in [-0.2, 0) is 17.8 Å². The van der Waals surface area contributed by atoms with Gasteiger partial charge in [0.25, 0.3) is 0 Å². The van der Waals surface area contributed by atoms with Gasteiger partial charge in [0.15, 0.2) is 0 Å². The fraction of sp³-hybridized carbons (Fsp3) is 0.533. The van der Waals surface area contributed by atoms with Gasteiger partial charge in [-0.2, -0.15) is 0 Å². The zero-order chi connectivity index (χ0) is 13.8. The number of hydrogen-bond donors (Lipinski definition) is 1. The quantitative estimate of drug-likeness (QED) is 0.885. The first-order valence-corrected chi connectivity index (χ1v) is 6.87. The number of ether oxygens (including phenoxy) is 1. The smallest absolute Gasteiger partial charge is 0.320 e. The summed E-state index contributed by atoms with van der Waals surface area (Å²) in [6.45, 7) is 6.04. The molecule has 0 bridgehead atoms. The zero-order valence-electron chi connectivity index (χ0n) is 11.6. The second-order valence-corrected chi connectivity index (χ2v) is 4.85. The number of aliphatic carboxylic acids is 1. The van der Waals surface area contributed by atoms with Crippen LogP contribution in [0.25, 0.3) is 0 Å². The summed E-state index contributed by atoms with van der Waals surface area (Å²) in [6.07, 6.45) is 1.54. The van der Waals surface area contributed by atoms with Gasteiger partial charge in [0.05, 0.1) is 6.61 Å². The molecule has 1 aromatic rings. The average Bonchev–Trinajstić information content (AvgIpc) is 2.39. The van der Waals surface area contributed by atoms with E-state index in [-0.39, 0.29) is 6.04 Å². The van der Waals surface area contributed by atoms with Gasteiger partial charge in [-0.1, -0.05) is 13.0 Å². The molecule has 0 saturated carbocycles. The molecule has 0 spiro atoms. The molecule has 0 fully saturated rings. The molecule has 0 saturated heterocycles. The lowest BCUT2D eigenvalue weighted by molar-refractivity contribution is -0.143. The summed E-state index contributed by atoms with van der Waals surface area (Å²) in [6, 6.07) is 5.75. The summed E-state index contributed by atoms with van der Waals surface area (Å²) in [5.41, 5.74) is 2.50. The van der Waals surface area contributed by atoms with Gasteiger partial charge in [-0.05, 0) is 43.0 Å². The molecule has 0 aliphatic carbocycles. The summed E-state index contributed by atoms with van der Waals surface area (Å²) in [5, 5.41) is 9.25. The van der Waals surface area contributed by atoms with Crippen LogP contribution in [0, 0.1) is 0 Å². The molecule has 0 radical (unpaired) electrons. The molecule has 104 valence electrons. The van der Waals surface area contributed by atoms with E-state index in [2.05, 4.69) is 6.07 Å². The summed E-state index contributed by atoms with van der Waals surface area (Å²) in [7, 11) is 0. The highest BCUT2D eigenvalue weighted by molar-refractivity contribution is 5.73. The predicted octanol–water partition coefficient (Wildman–Crippen LogP) is 2.31. The molecule has 1 N–H and O–H groups in total. The highest BCUT2D eigenvalue weighted by Gasteiger charge is 2.27. The van der Waals surface area contributed by atoms with Crippen LogP contribution in [0.1, 0.15) is 31.4 Å². The number of carboxylic acids is 1. The van der Waals surface area contributed by atoms with Crippen molar-refractivity contribution in [3.8, 4) is 5.75 Å². The molecule has 1 heterocycles. The van der Waals surface area contributed by atoms with E-state index < -0.39 is 5.97 Å². The molecule has 0 aromatic heterocycles. The molecule has 0 amide bonds. The van der Waals surface area contributed by atoms with Gasteiger partial charge in [-0.25, -0.2) is 0 Å². The lowest BCUT2D eigenvalue weighted by atomic mass is 9.97. The van der Waals surface area contributed by atoms with Gasteiger partial charge in [0.2, 0.25) is 0 Å². The summed E-state index contributed by atoms with van der Waals surface area (Å²) in [5.74, 6) is 0.137. The van der Waals surface area contributed by atoms with E-state index in [4.69, 9.17) is 4.74 Å². The lowest BCUT2D eigenvalue weighted by Gasteiger charge is -2.33. The first kappa shape index (κ1) is 13.9. The van der Waals surface area contributed by atoms with Crippen LogP contribution in [0.15, 0.2) is 18.2 Å². The zero-order valence-corrected chi connectivity index (χ0v) is 11.6. The fourth-order valence-electron chi connectivity index (χ4n) is 2.67. The van der Waals surface area contributed by atoms with Crippen molar-refractivity contribution in [3.63, 3.8) is 0 Å². The maximum Gasteiger partial charge on any atom is 0.320 e. The molecule has 0 unspecified atom stereocenters. The third-order valence-corrected chi connectivity index (χ3v) is 3.64. The van der Waals surface area contributed by atoms with Crippen molar-refractivity contribution in [2.45, 2.75) is 39.3 Å². The Labute approximate surface area is 114 Å². The highest BCUT2D eigenvalue weighted by atomic mass is 16.5. The Morgan fingerprint density at radius 1 is 1.42 bits per heavy atom. The third-order valence-electron chi connectivity index (χ3n) is 3.64. The molecule has 2 rings (SSSR count). The molecule has 1 aliphatic heterocycles. The SMILES string of the molecule is CCOc1ccc2c(c1)CN([C@H](CC)C(=O)O)CC2. The van der Waals surface area contributed by atoms with Crippen LogP contribution < -0.4 is 4.74 Å². The van der Waals surface area contributed by atoms with Crippen LogP contribution in [0.2, 0.25) is 0 Å². The highest BCUT2D eigenvalue weighted by Crippen LogP contribution is 2.25. The largest absolute Gasteiger partial charge is 0.494 e. The van der Waals surface area contributed by atoms with E-state index in [9.17, 15) is 9.90 Å². The predicted molar refractivity (Wildman–Crippen MR) is 73.4 cm³/mol. The first-order valence-electron chi connectivity index (χ1n) is 6.87. The lowest BCUT2D eigenvalue weighted by Crippen LogP contribution is -2.43. The van der Waals surface area contributed by atoms with Crippen LogP contribution in [-0.4, -0.2) is 35.2 Å². The minimum absolute atomic E-state index is 0.385. The van der Waals surface area contributed by atoms with E-state index in [1.54, 1.807) is 0 Å². The fourth-order valence-corrected chi connectivity index (χ4v) is 2.67. The number of fused-ring (bicyclic) bond motifs is 1. The van der Waals surface area contributed by atoms with Gasteiger partial charge in [0.1, 0.15) is 11.8 Å². The minimum atomic E-state index is -0.730. The second kappa shape index (κ2) is 6.06. The monoisotopic (exact) mass is 263 g/mol. The Kier molecular flexibility index (Phi) is 4.43.